The van der Waals surface area contributed by atoms with E-state index in [1.165, 1.54) is 52.5 Å². The Labute approximate surface area is 180 Å². The largest absolute Gasteiger partial charge is 0.379 e. The molecule has 152 valence electrons. The van der Waals surface area contributed by atoms with Gasteiger partial charge in [-0.1, -0.05) is 40.2 Å². The lowest BCUT2D eigenvalue weighted by Crippen LogP contribution is -2.35. The van der Waals surface area contributed by atoms with Gasteiger partial charge in [0, 0.05) is 53.3 Å². The number of benzene rings is 2. The third kappa shape index (κ3) is 4.29. The first kappa shape index (κ1) is 19.3. The number of halogens is 1. The van der Waals surface area contributed by atoms with E-state index in [-0.39, 0.29) is 0 Å². The molecule has 4 nitrogen and oxygen atoms in total. The molecule has 0 bridgehead atoms. The lowest BCUT2D eigenvalue weighted by molar-refractivity contribution is 0.0342. The lowest BCUT2D eigenvalue weighted by atomic mass is 9.91. The first-order valence-corrected chi connectivity index (χ1v) is 11.5. The SMILES string of the molecule is Brc1ccc2[nH]c3c(c2c1)CCC[C@H]3NCc1ccc(CN2CCOCC2)cc1. The molecule has 5 heteroatoms. The fourth-order valence-electron chi connectivity index (χ4n) is 4.66. The van der Waals surface area contributed by atoms with Gasteiger partial charge in [-0.2, -0.15) is 0 Å². The molecule has 1 aliphatic carbocycles. The first-order chi connectivity index (χ1) is 14.3. The molecule has 29 heavy (non-hydrogen) atoms. The molecule has 1 aliphatic heterocycles. The maximum atomic E-state index is 5.44. The molecule has 2 heterocycles. The Hall–Kier alpha value is -1.66. The van der Waals surface area contributed by atoms with Crippen molar-refractivity contribution in [1.29, 1.82) is 0 Å². The topological polar surface area (TPSA) is 40.3 Å². The monoisotopic (exact) mass is 453 g/mol. The predicted molar refractivity (Wildman–Crippen MR) is 121 cm³/mol. The van der Waals surface area contributed by atoms with Crippen LogP contribution in [0.15, 0.2) is 46.9 Å². The van der Waals surface area contributed by atoms with Gasteiger partial charge in [0.15, 0.2) is 0 Å². The highest BCUT2D eigenvalue weighted by molar-refractivity contribution is 9.10. The number of aryl methyl sites for hydroxylation is 1. The fourth-order valence-corrected chi connectivity index (χ4v) is 5.02. The van der Waals surface area contributed by atoms with Crippen LogP contribution in [0.25, 0.3) is 10.9 Å². The Balaban J connectivity index is 1.24. The average molecular weight is 454 g/mol. The molecular formula is C24H28BrN3O. The summed E-state index contributed by atoms with van der Waals surface area (Å²) in [5, 5.41) is 5.17. The van der Waals surface area contributed by atoms with Crippen LogP contribution in [-0.4, -0.2) is 36.2 Å². The van der Waals surface area contributed by atoms with E-state index in [0.29, 0.717) is 6.04 Å². The van der Waals surface area contributed by atoms with Gasteiger partial charge in [-0.05, 0) is 54.2 Å². The second-order valence-electron chi connectivity index (χ2n) is 8.24. The average Bonchev–Trinajstić information content (AvgIpc) is 3.12. The summed E-state index contributed by atoms with van der Waals surface area (Å²) in [6.45, 7) is 5.71. The Bertz CT molecular complexity index is 976. The molecule has 1 aromatic heterocycles. The number of aromatic nitrogens is 1. The van der Waals surface area contributed by atoms with Crippen LogP contribution in [0.1, 0.15) is 41.3 Å². The predicted octanol–water partition coefficient (Wildman–Crippen LogP) is 4.93. The van der Waals surface area contributed by atoms with Crippen molar-refractivity contribution in [2.45, 2.75) is 38.4 Å². The summed E-state index contributed by atoms with van der Waals surface area (Å²) in [5.74, 6) is 0. The van der Waals surface area contributed by atoms with Crippen molar-refractivity contribution >= 4 is 26.8 Å². The normalized spacial score (nSPS) is 20.1. The minimum absolute atomic E-state index is 0.401. The summed E-state index contributed by atoms with van der Waals surface area (Å²) >= 11 is 3.62. The molecule has 0 unspecified atom stereocenters. The van der Waals surface area contributed by atoms with Crippen molar-refractivity contribution in [2.75, 3.05) is 26.3 Å². The van der Waals surface area contributed by atoms with Crippen molar-refractivity contribution in [1.82, 2.24) is 15.2 Å². The number of nitrogens with zero attached hydrogens (tertiary/aromatic N) is 1. The van der Waals surface area contributed by atoms with Crippen LogP contribution in [0.4, 0.5) is 0 Å². The van der Waals surface area contributed by atoms with Gasteiger partial charge in [0.2, 0.25) is 0 Å². The first-order valence-electron chi connectivity index (χ1n) is 10.7. The number of rotatable bonds is 5. The standard InChI is InChI=1S/C24H28BrN3O/c25-19-8-9-22-21(14-19)20-2-1-3-23(24(20)27-22)26-15-17-4-6-18(7-5-17)16-28-10-12-29-13-11-28/h4-9,14,23,26-27H,1-3,10-13,15-16H2/t23-/m1/s1. The van der Waals surface area contributed by atoms with Crippen LogP contribution in [-0.2, 0) is 24.2 Å². The molecule has 1 atom stereocenters. The maximum Gasteiger partial charge on any atom is 0.0594 e. The van der Waals surface area contributed by atoms with Gasteiger partial charge >= 0.3 is 0 Å². The van der Waals surface area contributed by atoms with Gasteiger partial charge in [0.05, 0.1) is 13.2 Å². The smallest absolute Gasteiger partial charge is 0.0594 e. The maximum absolute atomic E-state index is 5.44. The van der Waals surface area contributed by atoms with Crippen molar-refractivity contribution in [3.05, 3.63) is 69.3 Å². The van der Waals surface area contributed by atoms with E-state index in [1.54, 1.807) is 0 Å². The van der Waals surface area contributed by atoms with Gasteiger partial charge in [-0.25, -0.2) is 0 Å². The number of hydrogen-bond acceptors (Lipinski definition) is 3. The summed E-state index contributed by atoms with van der Waals surface area (Å²) in [4.78, 5) is 6.15. The second-order valence-corrected chi connectivity index (χ2v) is 9.15. The molecule has 0 radical (unpaired) electrons. The van der Waals surface area contributed by atoms with E-state index in [0.717, 1.165) is 43.9 Å². The lowest BCUT2D eigenvalue weighted by Gasteiger charge is -2.26. The van der Waals surface area contributed by atoms with Gasteiger partial charge in [-0.15, -0.1) is 0 Å². The zero-order chi connectivity index (χ0) is 19.6. The van der Waals surface area contributed by atoms with Gasteiger partial charge < -0.3 is 15.0 Å². The van der Waals surface area contributed by atoms with Gasteiger partial charge in [0.25, 0.3) is 0 Å². The molecular weight excluding hydrogens is 426 g/mol. The molecule has 2 aromatic carbocycles. The molecule has 2 N–H and O–H groups in total. The summed E-state index contributed by atoms with van der Waals surface area (Å²) in [6, 6.07) is 16.0. The molecule has 5 rings (SSSR count). The summed E-state index contributed by atoms with van der Waals surface area (Å²) < 4.78 is 6.59. The molecule has 0 amide bonds. The van der Waals surface area contributed by atoms with Crippen molar-refractivity contribution < 1.29 is 4.74 Å². The quantitative estimate of drug-likeness (QED) is 0.575. The Kier molecular flexibility index (Phi) is 5.73. The molecule has 1 saturated heterocycles. The summed E-state index contributed by atoms with van der Waals surface area (Å²) in [5.41, 5.74) is 6.86. The summed E-state index contributed by atoms with van der Waals surface area (Å²) in [6.07, 6.45) is 3.60. The number of fused-ring (bicyclic) bond motifs is 3. The van der Waals surface area contributed by atoms with Crippen molar-refractivity contribution in [2.24, 2.45) is 0 Å². The van der Waals surface area contributed by atoms with Crippen LogP contribution >= 0.6 is 15.9 Å². The zero-order valence-electron chi connectivity index (χ0n) is 16.7. The van der Waals surface area contributed by atoms with Gasteiger partial charge in [-0.3, -0.25) is 4.90 Å². The number of aromatic amines is 1. The minimum Gasteiger partial charge on any atom is -0.379 e. The molecule has 2 aliphatic rings. The number of H-pyrrole nitrogens is 1. The Morgan fingerprint density at radius 2 is 1.86 bits per heavy atom. The zero-order valence-corrected chi connectivity index (χ0v) is 18.3. The number of morpholine rings is 1. The van der Waals surface area contributed by atoms with Crippen LogP contribution < -0.4 is 5.32 Å². The third-order valence-corrected chi connectivity index (χ3v) is 6.75. The van der Waals surface area contributed by atoms with Crippen molar-refractivity contribution in [3.8, 4) is 0 Å². The number of hydrogen-bond donors (Lipinski definition) is 2. The van der Waals surface area contributed by atoms with E-state index in [4.69, 9.17) is 4.74 Å². The van der Waals surface area contributed by atoms with E-state index in [1.807, 2.05) is 0 Å². The Morgan fingerprint density at radius 3 is 2.69 bits per heavy atom. The highest BCUT2D eigenvalue weighted by atomic mass is 79.9. The molecule has 0 saturated carbocycles. The van der Waals surface area contributed by atoms with Crippen LogP contribution in [0.3, 0.4) is 0 Å². The highest BCUT2D eigenvalue weighted by Crippen LogP contribution is 2.35. The van der Waals surface area contributed by atoms with Crippen molar-refractivity contribution in [3.63, 3.8) is 0 Å². The third-order valence-electron chi connectivity index (χ3n) is 6.25. The minimum atomic E-state index is 0.401. The van der Waals surface area contributed by atoms with Crippen LogP contribution in [0, 0.1) is 0 Å². The fraction of sp³-hybridized carbons (Fsp3) is 0.417. The number of ether oxygens (including phenoxy) is 1. The Morgan fingerprint density at radius 1 is 1.07 bits per heavy atom. The van der Waals surface area contributed by atoms with Gasteiger partial charge in [0.1, 0.15) is 0 Å². The van der Waals surface area contributed by atoms with E-state index >= 15 is 0 Å². The number of nitrogens with one attached hydrogen (secondary N) is 2. The van der Waals surface area contributed by atoms with E-state index in [2.05, 4.69) is 73.6 Å². The molecule has 1 fully saturated rings. The van der Waals surface area contributed by atoms with E-state index in [9.17, 15) is 0 Å². The second kappa shape index (κ2) is 8.60. The molecule has 3 aromatic rings. The van der Waals surface area contributed by atoms with Crippen LogP contribution in [0.5, 0.6) is 0 Å². The molecule has 0 spiro atoms. The summed E-state index contributed by atoms with van der Waals surface area (Å²) in [7, 11) is 0. The van der Waals surface area contributed by atoms with E-state index < -0.39 is 0 Å². The highest BCUT2D eigenvalue weighted by Gasteiger charge is 2.24. The van der Waals surface area contributed by atoms with Crippen LogP contribution in [0.2, 0.25) is 0 Å².